The summed E-state index contributed by atoms with van der Waals surface area (Å²) in [6, 6.07) is 6.27. The van der Waals surface area contributed by atoms with E-state index in [4.69, 9.17) is 14.3 Å². The molecule has 23 heavy (non-hydrogen) atoms. The van der Waals surface area contributed by atoms with E-state index in [0.717, 1.165) is 0 Å². The minimum Gasteiger partial charge on any atom is -0.341 e. The lowest BCUT2D eigenvalue weighted by atomic mass is 10.0. The van der Waals surface area contributed by atoms with Gasteiger partial charge in [-0.3, -0.25) is 9.59 Å². The molecule has 1 saturated heterocycles. The predicted octanol–water partition coefficient (Wildman–Crippen LogP) is 1.67. The van der Waals surface area contributed by atoms with Gasteiger partial charge in [0.25, 0.3) is 17.6 Å². The number of carbonyl (C=O) groups is 3. The maximum atomic E-state index is 12.4. The van der Waals surface area contributed by atoms with Crippen LogP contribution in [0.5, 0.6) is 0 Å². The average Bonchev–Trinajstić information content (AvgIpc) is 2.71. The minimum atomic E-state index is -1.67. The molecule has 2 aliphatic rings. The van der Waals surface area contributed by atoms with Crippen LogP contribution >= 0.6 is 0 Å². The zero-order valence-electron chi connectivity index (χ0n) is 13.1. The Morgan fingerprint density at radius 1 is 1.13 bits per heavy atom. The number of nitrogens with zero attached hydrogens (tertiary/aromatic N) is 1. The molecule has 1 aromatic carbocycles. The first kappa shape index (κ1) is 15.6. The molecule has 0 aromatic heterocycles. The summed E-state index contributed by atoms with van der Waals surface area (Å²) in [5.74, 6) is -3.98. The first-order valence-corrected chi connectivity index (χ1v) is 7.28. The molecule has 0 N–H and O–H groups in total. The molecule has 0 saturated carbocycles. The standard InChI is InChI=1S/C16H17NO6/c1-15(2)8-9-21-16(3,23-15)14(20)22-17-12(18)10-6-4-5-7-11(10)13(17)19/h4-7H,8-9H2,1-3H3. The molecule has 0 radical (unpaired) electrons. The molecule has 1 fully saturated rings. The highest BCUT2D eigenvalue weighted by molar-refractivity contribution is 6.20. The molecule has 2 amide bonds. The second-order valence-electron chi connectivity index (χ2n) is 6.23. The van der Waals surface area contributed by atoms with Crippen LogP contribution in [0.25, 0.3) is 0 Å². The van der Waals surface area contributed by atoms with Crippen LogP contribution in [-0.2, 0) is 19.1 Å². The lowest BCUT2D eigenvalue weighted by Gasteiger charge is -2.41. The molecule has 0 bridgehead atoms. The van der Waals surface area contributed by atoms with Crippen molar-refractivity contribution in [3.05, 3.63) is 35.4 Å². The third-order valence-electron chi connectivity index (χ3n) is 3.85. The van der Waals surface area contributed by atoms with Crippen molar-refractivity contribution in [2.24, 2.45) is 0 Å². The maximum Gasteiger partial charge on any atom is 0.391 e. The summed E-state index contributed by atoms with van der Waals surface area (Å²) in [5.41, 5.74) is -0.184. The molecule has 122 valence electrons. The third-order valence-corrected chi connectivity index (χ3v) is 3.85. The number of imide groups is 1. The summed E-state index contributed by atoms with van der Waals surface area (Å²) in [6.45, 7) is 5.36. The summed E-state index contributed by atoms with van der Waals surface area (Å²) >= 11 is 0. The summed E-state index contributed by atoms with van der Waals surface area (Å²) in [4.78, 5) is 41.8. The van der Waals surface area contributed by atoms with Crippen molar-refractivity contribution in [1.29, 1.82) is 0 Å². The van der Waals surface area contributed by atoms with Gasteiger partial charge in [-0.25, -0.2) is 4.79 Å². The Labute approximate surface area is 133 Å². The van der Waals surface area contributed by atoms with E-state index in [2.05, 4.69) is 0 Å². The second-order valence-corrected chi connectivity index (χ2v) is 6.23. The zero-order valence-corrected chi connectivity index (χ0v) is 13.1. The fourth-order valence-electron chi connectivity index (χ4n) is 2.62. The van der Waals surface area contributed by atoms with Gasteiger partial charge in [-0.15, -0.1) is 0 Å². The van der Waals surface area contributed by atoms with E-state index >= 15 is 0 Å². The molecule has 3 rings (SSSR count). The quantitative estimate of drug-likeness (QED) is 0.771. The van der Waals surface area contributed by atoms with Gasteiger partial charge in [-0.1, -0.05) is 17.2 Å². The molecule has 1 aromatic rings. The molecule has 0 aliphatic carbocycles. The fraction of sp³-hybridized carbons (Fsp3) is 0.438. The third kappa shape index (κ3) is 2.62. The first-order valence-electron chi connectivity index (χ1n) is 7.28. The van der Waals surface area contributed by atoms with Gasteiger partial charge in [0, 0.05) is 6.92 Å². The average molecular weight is 319 g/mol. The summed E-state index contributed by atoms with van der Waals surface area (Å²) in [6.07, 6.45) is 0.614. The van der Waals surface area contributed by atoms with Crippen molar-refractivity contribution >= 4 is 17.8 Å². The first-order chi connectivity index (χ1) is 10.7. The Morgan fingerprint density at radius 3 is 2.22 bits per heavy atom. The Balaban J connectivity index is 1.79. The number of benzene rings is 1. The van der Waals surface area contributed by atoms with Gasteiger partial charge < -0.3 is 14.3 Å². The van der Waals surface area contributed by atoms with E-state index < -0.39 is 29.2 Å². The summed E-state index contributed by atoms with van der Waals surface area (Å²) < 4.78 is 11.0. The Bertz CT molecular complexity index is 663. The minimum absolute atomic E-state index is 0.196. The molecule has 2 heterocycles. The molecule has 7 heteroatoms. The van der Waals surface area contributed by atoms with Crippen molar-refractivity contribution in [3.63, 3.8) is 0 Å². The number of hydrogen-bond donors (Lipinski definition) is 0. The Kier molecular flexibility index (Phi) is 3.50. The number of rotatable bonds is 2. The van der Waals surface area contributed by atoms with Gasteiger partial charge in [0.2, 0.25) is 0 Å². The molecular weight excluding hydrogens is 302 g/mol. The van der Waals surface area contributed by atoms with Crippen LogP contribution < -0.4 is 0 Å². The highest BCUT2D eigenvalue weighted by Crippen LogP contribution is 2.32. The lowest BCUT2D eigenvalue weighted by Crippen LogP contribution is -2.54. The number of amides is 2. The zero-order chi connectivity index (χ0) is 16.8. The maximum absolute atomic E-state index is 12.4. The van der Waals surface area contributed by atoms with E-state index in [0.29, 0.717) is 18.1 Å². The summed E-state index contributed by atoms with van der Waals surface area (Å²) in [7, 11) is 0. The molecule has 2 aliphatic heterocycles. The van der Waals surface area contributed by atoms with E-state index in [9.17, 15) is 14.4 Å². The second kappa shape index (κ2) is 5.14. The van der Waals surface area contributed by atoms with Gasteiger partial charge in [0.05, 0.1) is 23.3 Å². The number of fused-ring (bicyclic) bond motifs is 1. The van der Waals surface area contributed by atoms with Crippen LogP contribution in [0.4, 0.5) is 0 Å². The van der Waals surface area contributed by atoms with Crippen LogP contribution in [0.2, 0.25) is 0 Å². The van der Waals surface area contributed by atoms with E-state index in [1.807, 2.05) is 13.8 Å². The SMILES string of the molecule is CC1(C)CCOC(C)(C(=O)ON2C(=O)c3ccccc3C2=O)O1. The van der Waals surface area contributed by atoms with Crippen LogP contribution in [0.1, 0.15) is 47.9 Å². The normalized spacial score (nSPS) is 26.1. The molecule has 1 unspecified atom stereocenters. The van der Waals surface area contributed by atoms with Crippen LogP contribution in [0.3, 0.4) is 0 Å². The van der Waals surface area contributed by atoms with Gasteiger partial charge >= 0.3 is 5.97 Å². The highest BCUT2D eigenvalue weighted by atomic mass is 16.8. The lowest BCUT2D eigenvalue weighted by molar-refractivity contribution is -0.311. The number of hydroxylamine groups is 2. The van der Waals surface area contributed by atoms with Crippen LogP contribution in [-0.4, -0.2) is 40.8 Å². The van der Waals surface area contributed by atoms with Crippen molar-refractivity contribution in [3.8, 4) is 0 Å². The molecular formula is C16H17NO6. The van der Waals surface area contributed by atoms with Crippen molar-refractivity contribution in [1.82, 2.24) is 5.06 Å². The van der Waals surface area contributed by atoms with Gasteiger partial charge in [-0.05, 0) is 32.4 Å². The summed E-state index contributed by atoms with van der Waals surface area (Å²) in [5, 5.41) is 0.451. The topological polar surface area (TPSA) is 82.1 Å². The van der Waals surface area contributed by atoms with Crippen molar-refractivity contribution < 1.29 is 28.7 Å². The predicted molar refractivity (Wildman–Crippen MR) is 77.2 cm³/mol. The van der Waals surface area contributed by atoms with Crippen molar-refractivity contribution in [2.45, 2.75) is 38.6 Å². The number of hydrogen-bond acceptors (Lipinski definition) is 6. The van der Waals surface area contributed by atoms with Gasteiger partial charge in [0.15, 0.2) is 0 Å². The van der Waals surface area contributed by atoms with Crippen LogP contribution in [0, 0.1) is 0 Å². The largest absolute Gasteiger partial charge is 0.391 e. The van der Waals surface area contributed by atoms with Gasteiger partial charge in [0.1, 0.15) is 0 Å². The monoisotopic (exact) mass is 319 g/mol. The molecule has 0 spiro atoms. The molecule has 7 nitrogen and oxygen atoms in total. The highest BCUT2D eigenvalue weighted by Gasteiger charge is 2.49. The smallest absolute Gasteiger partial charge is 0.341 e. The Morgan fingerprint density at radius 2 is 1.70 bits per heavy atom. The number of ether oxygens (including phenoxy) is 2. The van der Waals surface area contributed by atoms with Crippen molar-refractivity contribution in [2.75, 3.05) is 6.61 Å². The fourth-order valence-corrected chi connectivity index (χ4v) is 2.62. The van der Waals surface area contributed by atoms with Crippen LogP contribution in [0.15, 0.2) is 24.3 Å². The van der Waals surface area contributed by atoms with E-state index in [-0.39, 0.29) is 11.1 Å². The Hall–Kier alpha value is -2.25. The number of carbonyl (C=O) groups excluding carboxylic acids is 3. The molecule has 1 atom stereocenters. The van der Waals surface area contributed by atoms with Gasteiger partial charge in [-0.2, -0.15) is 0 Å². The van der Waals surface area contributed by atoms with E-state index in [1.165, 1.54) is 19.1 Å². The van der Waals surface area contributed by atoms with E-state index in [1.54, 1.807) is 12.1 Å².